The Morgan fingerprint density at radius 3 is 2.32 bits per heavy atom. The first-order valence-electron chi connectivity index (χ1n) is 5.65. The average molecular weight is 285 g/mol. The molecule has 6 nitrogen and oxygen atoms in total. The van der Waals surface area contributed by atoms with E-state index in [0.717, 1.165) is 0 Å². The molecule has 0 saturated carbocycles. The lowest BCUT2D eigenvalue weighted by atomic mass is 10.1. The van der Waals surface area contributed by atoms with Gasteiger partial charge in [-0.2, -0.15) is 0 Å². The van der Waals surface area contributed by atoms with Crippen LogP contribution >= 0.6 is 8.30 Å². The second kappa shape index (κ2) is 7.19. The van der Waals surface area contributed by atoms with Gasteiger partial charge in [-0.05, 0) is 13.5 Å². The third-order valence-electron chi connectivity index (χ3n) is 2.65. The van der Waals surface area contributed by atoms with Crippen molar-refractivity contribution in [1.82, 2.24) is 4.67 Å². The van der Waals surface area contributed by atoms with Crippen LogP contribution in [-0.2, 0) is 9.59 Å². The first kappa shape index (κ1) is 15.6. The minimum absolute atomic E-state index is 0.0482. The molecular formula is C12H16NO5P. The molecule has 2 atom stereocenters. The topological polar surface area (TPSA) is 98.1 Å². The molecular weight excluding hydrogens is 269 g/mol. The SMILES string of the molecule is CN(C(CCC(=O)O)C(=O)O)P(O)c1ccccc1. The van der Waals surface area contributed by atoms with E-state index in [4.69, 9.17) is 10.2 Å². The van der Waals surface area contributed by atoms with Crippen LogP contribution in [0, 0.1) is 0 Å². The van der Waals surface area contributed by atoms with Gasteiger partial charge in [0.15, 0.2) is 0 Å². The summed E-state index contributed by atoms with van der Waals surface area (Å²) in [6, 6.07) is 7.69. The van der Waals surface area contributed by atoms with Crippen LogP contribution in [0.4, 0.5) is 0 Å². The molecule has 0 aliphatic rings. The lowest BCUT2D eigenvalue weighted by molar-refractivity contribution is -0.142. The average Bonchev–Trinajstić information content (AvgIpc) is 2.38. The lowest BCUT2D eigenvalue weighted by Gasteiger charge is -2.28. The molecule has 19 heavy (non-hydrogen) atoms. The number of hydrogen-bond donors (Lipinski definition) is 3. The van der Waals surface area contributed by atoms with Crippen LogP contribution in [0.1, 0.15) is 12.8 Å². The Labute approximate surface area is 112 Å². The number of likely N-dealkylation sites (N-methyl/N-ethyl adjacent to an activating group) is 1. The summed E-state index contributed by atoms with van der Waals surface area (Å²) in [5.41, 5.74) is 0. The van der Waals surface area contributed by atoms with Gasteiger partial charge < -0.3 is 15.1 Å². The Hall–Kier alpha value is -1.49. The Balaban J connectivity index is 2.78. The van der Waals surface area contributed by atoms with E-state index in [1.807, 2.05) is 0 Å². The van der Waals surface area contributed by atoms with E-state index in [0.29, 0.717) is 5.30 Å². The van der Waals surface area contributed by atoms with Gasteiger partial charge in [-0.15, -0.1) is 0 Å². The van der Waals surface area contributed by atoms with Gasteiger partial charge in [-0.25, -0.2) is 4.67 Å². The van der Waals surface area contributed by atoms with Crippen LogP contribution in [0.5, 0.6) is 0 Å². The van der Waals surface area contributed by atoms with E-state index < -0.39 is 26.3 Å². The molecule has 0 fully saturated rings. The highest BCUT2D eigenvalue weighted by atomic mass is 31.2. The molecule has 7 heteroatoms. The molecule has 0 bridgehead atoms. The van der Waals surface area contributed by atoms with Crippen LogP contribution in [0.25, 0.3) is 0 Å². The van der Waals surface area contributed by atoms with Crippen molar-refractivity contribution in [1.29, 1.82) is 0 Å². The van der Waals surface area contributed by atoms with E-state index in [9.17, 15) is 14.5 Å². The minimum atomic E-state index is -1.78. The minimum Gasteiger partial charge on any atom is -0.481 e. The number of benzene rings is 1. The van der Waals surface area contributed by atoms with Crippen LogP contribution < -0.4 is 5.30 Å². The summed E-state index contributed by atoms with van der Waals surface area (Å²) in [6.45, 7) is 0. The number of carbonyl (C=O) groups is 2. The van der Waals surface area contributed by atoms with Crippen LogP contribution in [0.2, 0.25) is 0 Å². The van der Waals surface area contributed by atoms with Gasteiger partial charge in [-0.3, -0.25) is 9.59 Å². The fourth-order valence-electron chi connectivity index (χ4n) is 1.61. The highest BCUT2D eigenvalue weighted by molar-refractivity contribution is 7.57. The second-order valence-electron chi connectivity index (χ2n) is 3.99. The van der Waals surface area contributed by atoms with Crippen molar-refractivity contribution >= 4 is 25.5 Å². The molecule has 0 aromatic heterocycles. The Morgan fingerprint density at radius 2 is 1.84 bits per heavy atom. The predicted octanol–water partition coefficient (Wildman–Crippen LogP) is 0.866. The summed E-state index contributed by atoms with van der Waals surface area (Å²) in [6.07, 6.45) is -0.299. The first-order valence-corrected chi connectivity index (χ1v) is 6.89. The van der Waals surface area contributed by atoms with Gasteiger partial charge in [0.05, 0.1) is 0 Å². The fourth-order valence-corrected chi connectivity index (χ4v) is 2.89. The molecule has 3 N–H and O–H groups in total. The maximum atomic E-state index is 11.2. The first-order chi connectivity index (χ1) is 8.93. The molecule has 0 heterocycles. The summed E-state index contributed by atoms with van der Waals surface area (Å²) < 4.78 is 1.32. The van der Waals surface area contributed by atoms with E-state index in [1.54, 1.807) is 30.3 Å². The maximum Gasteiger partial charge on any atom is 0.321 e. The molecule has 2 unspecified atom stereocenters. The molecule has 104 valence electrons. The maximum absolute atomic E-state index is 11.2. The Bertz CT molecular complexity index is 439. The van der Waals surface area contributed by atoms with Crippen LogP contribution in [0.3, 0.4) is 0 Å². The van der Waals surface area contributed by atoms with E-state index in [2.05, 4.69) is 0 Å². The number of rotatable bonds is 7. The van der Waals surface area contributed by atoms with Crippen molar-refractivity contribution in [2.24, 2.45) is 0 Å². The standard InChI is InChI=1S/C12H16NO5P/c1-13(10(12(16)17)7-8-11(14)15)19(18)9-5-3-2-4-6-9/h2-6,10,18H,7-8H2,1H3,(H,14,15)(H,16,17). The fraction of sp³-hybridized carbons (Fsp3) is 0.333. The van der Waals surface area contributed by atoms with Gasteiger partial charge in [0.1, 0.15) is 14.3 Å². The molecule has 0 aliphatic heterocycles. The Morgan fingerprint density at radius 1 is 1.26 bits per heavy atom. The number of aliphatic carboxylic acids is 2. The molecule has 0 saturated heterocycles. The van der Waals surface area contributed by atoms with Crippen molar-refractivity contribution in [2.75, 3.05) is 7.05 Å². The second-order valence-corrected chi connectivity index (χ2v) is 5.71. The zero-order chi connectivity index (χ0) is 14.4. The molecule has 1 aromatic carbocycles. The number of nitrogens with zero attached hydrogens (tertiary/aromatic N) is 1. The zero-order valence-electron chi connectivity index (χ0n) is 10.4. The molecule has 0 spiro atoms. The largest absolute Gasteiger partial charge is 0.481 e. The summed E-state index contributed by atoms with van der Waals surface area (Å²) in [5.74, 6) is -2.19. The van der Waals surface area contributed by atoms with Crippen molar-refractivity contribution in [3.63, 3.8) is 0 Å². The third kappa shape index (κ3) is 4.59. The quantitative estimate of drug-likeness (QED) is 0.643. The predicted molar refractivity (Wildman–Crippen MR) is 71.3 cm³/mol. The molecule has 0 amide bonds. The number of carboxylic acids is 2. The number of hydrogen-bond acceptors (Lipinski definition) is 4. The highest BCUT2D eigenvalue weighted by Crippen LogP contribution is 2.35. The summed E-state index contributed by atoms with van der Waals surface area (Å²) >= 11 is 0. The normalized spacial score (nSPS) is 14.1. The third-order valence-corrected chi connectivity index (χ3v) is 4.29. The van der Waals surface area contributed by atoms with Crippen molar-refractivity contribution < 1.29 is 24.7 Å². The van der Waals surface area contributed by atoms with Crippen molar-refractivity contribution in [3.8, 4) is 0 Å². The van der Waals surface area contributed by atoms with Gasteiger partial charge in [0.2, 0.25) is 0 Å². The van der Waals surface area contributed by atoms with Crippen molar-refractivity contribution in [2.45, 2.75) is 18.9 Å². The molecule has 0 radical (unpaired) electrons. The van der Waals surface area contributed by atoms with E-state index in [-0.39, 0.29) is 12.8 Å². The molecule has 1 rings (SSSR count). The molecule has 0 aliphatic carbocycles. The smallest absolute Gasteiger partial charge is 0.321 e. The summed E-state index contributed by atoms with van der Waals surface area (Å²) in [5, 5.41) is 18.4. The number of carboxylic acid groups (broad SMARTS) is 2. The monoisotopic (exact) mass is 285 g/mol. The van der Waals surface area contributed by atoms with E-state index in [1.165, 1.54) is 11.7 Å². The van der Waals surface area contributed by atoms with Crippen LogP contribution in [-0.4, -0.2) is 44.8 Å². The summed E-state index contributed by atoms with van der Waals surface area (Å²) in [4.78, 5) is 31.8. The summed E-state index contributed by atoms with van der Waals surface area (Å²) in [7, 11) is -0.295. The van der Waals surface area contributed by atoms with Gasteiger partial charge in [0.25, 0.3) is 0 Å². The lowest BCUT2D eigenvalue weighted by Crippen LogP contribution is -2.37. The van der Waals surface area contributed by atoms with Gasteiger partial charge in [-0.1, -0.05) is 30.3 Å². The van der Waals surface area contributed by atoms with Crippen LogP contribution in [0.15, 0.2) is 30.3 Å². The van der Waals surface area contributed by atoms with Gasteiger partial charge in [0, 0.05) is 11.7 Å². The Kier molecular flexibility index (Phi) is 5.89. The zero-order valence-corrected chi connectivity index (χ0v) is 11.3. The highest BCUT2D eigenvalue weighted by Gasteiger charge is 2.29. The van der Waals surface area contributed by atoms with E-state index >= 15 is 0 Å². The van der Waals surface area contributed by atoms with Crippen molar-refractivity contribution in [3.05, 3.63) is 30.3 Å². The molecule has 1 aromatic rings. The van der Waals surface area contributed by atoms with Gasteiger partial charge >= 0.3 is 11.9 Å².